The van der Waals surface area contributed by atoms with Crippen LogP contribution in [0.2, 0.25) is 0 Å². The molecule has 0 saturated heterocycles. The molecule has 22 heavy (non-hydrogen) atoms. The van der Waals surface area contributed by atoms with Crippen molar-refractivity contribution in [2.45, 2.75) is 26.2 Å². The maximum absolute atomic E-state index is 6.06. The average Bonchev–Trinajstić information content (AvgIpc) is 3.05. The average molecular weight is 361 g/mol. The maximum Gasteiger partial charge on any atom is 0.132 e. The van der Waals surface area contributed by atoms with Crippen molar-refractivity contribution in [1.82, 2.24) is 5.32 Å². The van der Waals surface area contributed by atoms with Crippen LogP contribution < -0.4 is 10.1 Å². The Balaban J connectivity index is 1.95. The number of aliphatic imine (C=N–C) groups is 1. The van der Waals surface area contributed by atoms with Crippen molar-refractivity contribution in [3.8, 4) is 5.75 Å². The largest absolute Gasteiger partial charge is 0.493 e. The third-order valence-corrected chi connectivity index (χ3v) is 4.33. The van der Waals surface area contributed by atoms with Gasteiger partial charge in [-0.05, 0) is 41.5 Å². The molecule has 1 aliphatic rings. The highest BCUT2D eigenvalue weighted by molar-refractivity contribution is 9.10. The Kier molecular flexibility index (Phi) is 4.98. The van der Waals surface area contributed by atoms with Crippen molar-refractivity contribution < 1.29 is 4.74 Å². The molecular formula is C18H21BrN2O. The molecule has 0 radical (unpaired) electrons. The van der Waals surface area contributed by atoms with E-state index in [1.165, 1.54) is 23.6 Å². The summed E-state index contributed by atoms with van der Waals surface area (Å²) in [5, 5.41) is 5.74. The van der Waals surface area contributed by atoms with Gasteiger partial charge in [-0.2, -0.15) is 0 Å². The van der Waals surface area contributed by atoms with Crippen molar-refractivity contribution in [2.24, 2.45) is 4.99 Å². The molecule has 116 valence electrons. The van der Waals surface area contributed by atoms with E-state index < -0.39 is 0 Å². The van der Waals surface area contributed by atoms with Crippen molar-refractivity contribution in [3.05, 3.63) is 40.4 Å². The van der Waals surface area contributed by atoms with Crippen LogP contribution in [0.15, 0.2) is 39.8 Å². The topological polar surface area (TPSA) is 33.6 Å². The van der Waals surface area contributed by atoms with E-state index in [1.807, 2.05) is 0 Å². The van der Waals surface area contributed by atoms with Gasteiger partial charge in [-0.3, -0.25) is 4.99 Å². The number of unbranched alkanes of at least 4 members (excludes halogenated alkanes) is 2. The second-order valence-electron chi connectivity index (χ2n) is 5.55. The zero-order chi connectivity index (χ0) is 15.4. The number of nitrogens with one attached hydrogen (secondary N) is 1. The lowest BCUT2D eigenvalue weighted by molar-refractivity contribution is 0.306. The molecule has 1 heterocycles. The number of hydrogen-bond donors (Lipinski definition) is 1. The van der Waals surface area contributed by atoms with E-state index >= 15 is 0 Å². The smallest absolute Gasteiger partial charge is 0.132 e. The molecule has 2 aromatic rings. The fourth-order valence-corrected chi connectivity index (χ4v) is 3.04. The predicted octanol–water partition coefficient (Wildman–Crippen LogP) is 4.52. The number of rotatable bonds is 6. The highest BCUT2D eigenvalue weighted by Crippen LogP contribution is 2.29. The van der Waals surface area contributed by atoms with Crippen molar-refractivity contribution >= 4 is 32.5 Å². The third kappa shape index (κ3) is 3.43. The van der Waals surface area contributed by atoms with E-state index in [9.17, 15) is 0 Å². The molecule has 0 spiro atoms. The fourth-order valence-electron chi connectivity index (χ4n) is 2.66. The van der Waals surface area contributed by atoms with Crippen LogP contribution in [-0.4, -0.2) is 25.5 Å². The standard InChI is InChI=1S/C18H21BrN2O/c1-2-3-4-9-22-17-12-13-5-6-15(19)10-14(13)11-16(17)18-20-7-8-21-18/h5-6,10-12H,2-4,7-9H2,1H3,(H,20,21). The number of halogens is 1. The Morgan fingerprint density at radius 2 is 2.09 bits per heavy atom. The minimum Gasteiger partial charge on any atom is -0.493 e. The SMILES string of the molecule is CCCCCOc1cc2ccc(Br)cc2cc1C1=NCCN1. The van der Waals surface area contributed by atoms with Crippen LogP contribution in [0.3, 0.4) is 0 Å². The van der Waals surface area contributed by atoms with Gasteiger partial charge in [0.15, 0.2) is 0 Å². The molecule has 3 rings (SSSR count). The summed E-state index contributed by atoms with van der Waals surface area (Å²) in [6.45, 7) is 4.70. The van der Waals surface area contributed by atoms with Crippen LogP contribution in [-0.2, 0) is 0 Å². The van der Waals surface area contributed by atoms with Gasteiger partial charge >= 0.3 is 0 Å². The van der Waals surface area contributed by atoms with E-state index in [2.05, 4.69) is 63.5 Å². The molecule has 0 aromatic heterocycles. The Bertz CT molecular complexity index is 697. The van der Waals surface area contributed by atoms with Crippen LogP contribution in [0.5, 0.6) is 5.75 Å². The zero-order valence-corrected chi connectivity index (χ0v) is 14.4. The molecule has 2 aromatic carbocycles. The number of amidine groups is 1. The van der Waals surface area contributed by atoms with Gasteiger partial charge in [0.25, 0.3) is 0 Å². The van der Waals surface area contributed by atoms with Crippen molar-refractivity contribution in [3.63, 3.8) is 0 Å². The molecule has 0 amide bonds. The highest BCUT2D eigenvalue weighted by Gasteiger charge is 2.15. The molecule has 4 heteroatoms. The first-order chi connectivity index (χ1) is 10.8. The zero-order valence-electron chi connectivity index (χ0n) is 12.9. The predicted molar refractivity (Wildman–Crippen MR) is 96.1 cm³/mol. The first kappa shape index (κ1) is 15.3. The number of nitrogens with zero attached hydrogens (tertiary/aromatic N) is 1. The molecule has 1 aliphatic heterocycles. The molecule has 0 fully saturated rings. The van der Waals surface area contributed by atoms with Crippen molar-refractivity contribution in [2.75, 3.05) is 19.7 Å². The quantitative estimate of drug-likeness (QED) is 0.768. The van der Waals surface area contributed by atoms with E-state index in [1.54, 1.807) is 0 Å². The lowest BCUT2D eigenvalue weighted by atomic mass is 10.0. The molecule has 0 atom stereocenters. The van der Waals surface area contributed by atoms with Gasteiger partial charge < -0.3 is 10.1 Å². The van der Waals surface area contributed by atoms with E-state index in [0.717, 1.165) is 47.7 Å². The minimum absolute atomic E-state index is 0.760. The van der Waals surface area contributed by atoms with E-state index in [-0.39, 0.29) is 0 Å². The summed E-state index contributed by atoms with van der Waals surface area (Å²) >= 11 is 3.54. The number of hydrogen-bond acceptors (Lipinski definition) is 3. The molecule has 0 unspecified atom stereocenters. The molecular weight excluding hydrogens is 340 g/mol. The minimum atomic E-state index is 0.760. The van der Waals surface area contributed by atoms with Gasteiger partial charge in [0.05, 0.1) is 18.7 Å². The summed E-state index contributed by atoms with van der Waals surface area (Å²) in [4.78, 5) is 4.55. The highest BCUT2D eigenvalue weighted by atomic mass is 79.9. The number of benzene rings is 2. The van der Waals surface area contributed by atoms with Crippen LogP contribution in [0.1, 0.15) is 31.7 Å². The van der Waals surface area contributed by atoms with Crippen LogP contribution in [0.25, 0.3) is 10.8 Å². The summed E-state index contributed by atoms with van der Waals surface area (Å²) < 4.78 is 7.14. The van der Waals surface area contributed by atoms with Gasteiger partial charge in [-0.1, -0.05) is 41.8 Å². The molecule has 1 N–H and O–H groups in total. The summed E-state index contributed by atoms with van der Waals surface area (Å²) in [5.41, 5.74) is 1.07. The summed E-state index contributed by atoms with van der Waals surface area (Å²) in [5.74, 6) is 1.88. The molecule has 0 bridgehead atoms. The number of ether oxygens (including phenoxy) is 1. The van der Waals surface area contributed by atoms with Crippen LogP contribution in [0.4, 0.5) is 0 Å². The summed E-state index contributed by atoms with van der Waals surface area (Å²) in [6, 6.07) is 10.6. The Hall–Kier alpha value is -1.55. The van der Waals surface area contributed by atoms with E-state index in [0.29, 0.717) is 0 Å². The van der Waals surface area contributed by atoms with Gasteiger partial charge in [-0.15, -0.1) is 0 Å². The third-order valence-electron chi connectivity index (χ3n) is 3.84. The first-order valence-electron chi connectivity index (χ1n) is 7.93. The Morgan fingerprint density at radius 3 is 2.86 bits per heavy atom. The Labute approximate surface area is 139 Å². The second kappa shape index (κ2) is 7.14. The molecule has 0 saturated carbocycles. The molecule has 3 nitrogen and oxygen atoms in total. The second-order valence-corrected chi connectivity index (χ2v) is 6.47. The van der Waals surface area contributed by atoms with Crippen molar-refractivity contribution in [1.29, 1.82) is 0 Å². The fraction of sp³-hybridized carbons (Fsp3) is 0.389. The van der Waals surface area contributed by atoms with Gasteiger partial charge in [-0.25, -0.2) is 0 Å². The van der Waals surface area contributed by atoms with Crippen LogP contribution in [0, 0.1) is 0 Å². The van der Waals surface area contributed by atoms with E-state index in [4.69, 9.17) is 4.74 Å². The lowest BCUT2D eigenvalue weighted by Gasteiger charge is -2.14. The monoisotopic (exact) mass is 360 g/mol. The van der Waals surface area contributed by atoms with Gasteiger partial charge in [0.1, 0.15) is 11.6 Å². The van der Waals surface area contributed by atoms with Gasteiger partial charge in [0, 0.05) is 11.0 Å². The lowest BCUT2D eigenvalue weighted by Crippen LogP contribution is -2.20. The van der Waals surface area contributed by atoms with Gasteiger partial charge in [0.2, 0.25) is 0 Å². The first-order valence-corrected chi connectivity index (χ1v) is 8.72. The summed E-state index contributed by atoms with van der Waals surface area (Å²) in [7, 11) is 0. The summed E-state index contributed by atoms with van der Waals surface area (Å²) in [6.07, 6.45) is 3.50. The number of fused-ring (bicyclic) bond motifs is 1. The maximum atomic E-state index is 6.06. The van der Waals surface area contributed by atoms with Crippen LogP contribution >= 0.6 is 15.9 Å². The Morgan fingerprint density at radius 1 is 1.18 bits per heavy atom. The molecule has 0 aliphatic carbocycles. The normalized spacial score (nSPS) is 14.0.